The molecule has 0 atom stereocenters. The highest BCUT2D eigenvalue weighted by molar-refractivity contribution is 5.89. The number of carbonyl (C=O) groups excluding carboxylic acids is 1. The average molecular weight is 273 g/mol. The van der Waals surface area contributed by atoms with Crippen molar-refractivity contribution in [2.45, 2.75) is 19.1 Å². The van der Waals surface area contributed by atoms with Crippen molar-refractivity contribution in [2.75, 3.05) is 20.2 Å². The van der Waals surface area contributed by atoms with Crippen molar-refractivity contribution in [1.29, 1.82) is 0 Å². The maximum atomic E-state index is 12.3. The number of hydrogen-bond donors (Lipinski definition) is 0. The summed E-state index contributed by atoms with van der Waals surface area (Å²) in [6.45, 7) is -0.293. The van der Waals surface area contributed by atoms with E-state index < -0.39 is 18.7 Å². The third kappa shape index (κ3) is 3.47. The quantitative estimate of drug-likeness (QED) is 0.775. The van der Waals surface area contributed by atoms with Crippen LogP contribution in [0.3, 0.4) is 0 Å². The summed E-state index contributed by atoms with van der Waals surface area (Å²) in [5.74, 6) is -0.430. The molecule has 0 radical (unpaired) electrons. The first-order valence-corrected chi connectivity index (χ1v) is 5.88. The number of carbonyl (C=O) groups is 1. The highest BCUT2D eigenvalue weighted by Crippen LogP contribution is 2.24. The highest BCUT2D eigenvalue weighted by Gasteiger charge is 2.32. The molecule has 0 unspecified atom stereocenters. The van der Waals surface area contributed by atoms with Gasteiger partial charge < -0.3 is 4.74 Å². The van der Waals surface area contributed by atoms with Crippen molar-refractivity contribution >= 4 is 5.97 Å². The fourth-order valence-electron chi connectivity index (χ4n) is 2.24. The number of alkyl halides is 3. The van der Waals surface area contributed by atoms with E-state index in [1.807, 2.05) is 0 Å². The lowest BCUT2D eigenvalue weighted by molar-refractivity contribution is -0.147. The number of nitrogens with zero attached hydrogens (tertiary/aromatic N) is 1. The Balaban J connectivity index is 2.12. The Morgan fingerprint density at radius 2 is 2.11 bits per heavy atom. The van der Waals surface area contributed by atoms with E-state index in [2.05, 4.69) is 4.74 Å². The molecule has 0 fully saturated rings. The van der Waals surface area contributed by atoms with E-state index in [1.54, 1.807) is 18.2 Å². The van der Waals surface area contributed by atoms with Gasteiger partial charge in [0.25, 0.3) is 0 Å². The standard InChI is InChI=1S/C13H14F3NO2/c1-19-12(18)10-2-3-11-7-17(8-13(14,15)16)5-4-9(11)6-10/h2-3,6H,4-5,7-8H2,1H3. The molecule has 0 spiro atoms. The van der Waals surface area contributed by atoms with Crippen LogP contribution in [0.5, 0.6) is 0 Å². The number of hydrogen-bond acceptors (Lipinski definition) is 3. The van der Waals surface area contributed by atoms with E-state index in [0.29, 0.717) is 18.5 Å². The zero-order chi connectivity index (χ0) is 14.0. The number of fused-ring (bicyclic) bond motifs is 1. The molecule has 1 aromatic rings. The van der Waals surface area contributed by atoms with Crippen LogP contribution in [0, 0.1) is 0 Å². The van der Waals surface area contributed by atoms with Gasteiger partial charge in [-0.05, 0) is 29.7 Å². The van der Waals surface area contributed by atoms with Crippen molar-refractivity contribution in [3.05, 3.63) is 34.9 Å². The summed E-state index contributed by atoms with van der Waals surface area (Å²) in [6.07, 6.45) is -3.67. The molecule has 104 valence electrons. The largest absolute Gasteiger partial charge is 0.465 e. The van der Waals surface area contributed by atoms with Gasteiger partial charge in [0.1, 0.15) is 0 Å². The normalized spacial score (nSPS) is 16.0. The Kier molecular flexibility index (Phi) is 3.80. The first kappa shape index (κ1) is 13.9. The van der Waals surface area contributed by atoms with Crippen LogP contribution < -0.4 is 0 Å². The van der Waals surface area contributed by atoms with Crippen LogP contribution >= 0.6 is 0 Å². The molecule has 0 N–H and O–H groups in total. The van der Waals surface area contributed by atoms with E-state index in [1.165, 1.54) is 12.0 Å². The first-order chi connectivity index (χ1) is 8.89. The summed E-state index contributed by atoms with van der Waals surface area (Å²) in [6, 6.07) is 4.98. The minimum Gasteiger partial charge on any atom is -0.465 e. The Labute approximate surface area is 109 Å². The molecular weight excluding hydrogens is 259 g/mol. The van der Waals surface area contributed by atoms with Crippen LogP contribution in [0.1, 0.15) is 21.5 Å². The van der Waals surface area contributed by atoms with Crippen LogP contribution in [-0.2, 0) is 17.7 Å². The molecule has 1 aliphatic rings. The van der Waals surface area contributed by atoms with Crippen LogP contribution in [-0.4, -0.2) is 37.2 Å². The highest BCUT2D eigenvalue weighted by atomic mass is 19.4. The Bertz CT molecular complexity index is 485. The van der Waals surface area contributed by atoms with Gasteiger partial charge >= 0.3 is 12.1 Å². The smallest absolute Gasteiger partial charge is 0.401 e. The van der Waals surface area contributed by atoms with Gasteiger partial charge in [0.15, 0.2) is 0 Å². The fourth-order valence-corrected chi connectivity index (χ4v) is 2.24. The van der Waals surface area contributed by atoms with Crippen LogP contribution in [0.15, 0.2) is 18.2 Å². The SMILES string of the molecule is COC(=O)c1ccc2c(c1)CCN(CC(F)(F)F)C2. The van der Waals surface area contributed by atoms with E-state index in [9.17, 15) is 18.0 Å². The summed E-state index contributed by atoms with van der Waals surface area (Å²) in [5.41, 5.74) is 2.19. The molecule has 1 heterocycles. The predicted molar refractivity (Wildman–Crippen MR) is 62.8 cm³/mol. The van der Waals surface area contributed by atoms with Gasteiger partial charge in [0, 0.05) is 13.1 Å². The minimum absolute atomic E-state index is 0.260. The van der Waals surface area contributed by atoms with Gasteiger partial charge in [0.2, 0.25) is 0 Å². The number of esters is 1. The lowest BCUT2D eigenvalue weighted by Gasteiger charge is -2.29. The van der Waals surface area contributed by atoms with Crippen molar-refractivity contribution in [1.82, 2.24) is 4.90 Å². The van der Waals surface area contributed by atoms with E-state index >= 15 is 0 Å². The molecule has 19 heavy (non-hydrogen) atoms. The second-order valence-corrected chi connectivity index (χ2v) is 4.55. The van der Waals surface area contributed by atoms with Crippen molar-refractivity contribution in [3.63, 3.8) is 0 Å². The van der Waals surface area contributed by atoms with Gasteiger partial charge in [-0.3, -0.25) is 4.90 Å². The molecule has 1 aliphatic heterocycles. The Morgan fingerprint density at radius 3 is 2.74 bits per heavy atom. The molecular formula is C13H14F3NO2. The molecule has 0 aliphatic carbocycles. The number of methoxy groups -OCH3 is 1. The third-order valence-electron chi connectivity index (χ3n) is 3.12. The van der Waals surface area contributed by atoms with Crippen LogP contribution in [0.25, 0.3) is 0 Å². The first-order valence-electron chi connectivity index (χ1n) is 5.88. The molecule has 3 nitrogen and oxygen atoms in total. The van der Waals surface area contributed by atoms with Gasteiger partial charge in [0.05, 0.1) is 19.2 Å². The van der Waals surface area contributed by atoms with Gasteiger partial charge in [-0.25, -0.2) is 4.79 Å². The van der Waals surface area contributed by atoms with E-state index in [4.69, 9.17) is 0 Å². The van der Waals surface area contributed by atoms with Gasteiger partial charge in [-0.1, -0.05) is 6.07 Å². The van der Waals surface area contributed by atoms with Gasteiger partial charge in [-0.2, -0.15) is 13.2 Å². The van der Waals surface area contributed by atoms with Crippen molar-refractivity contribution in [2.24, 2.45) is 0 Å². The summed E-state index contributed by atoms with van der Waals surface area (Å²) < 4.78 is 41.6. The maximum Gasteiger partial charge on any atom is 0.401 e. The second kappa shape index (κ2) is 5.21. The number of rotatable bonds is 2. The Hall–Kier alpha value is -1.56. The zero-order valence-corrected chi connectivity index (χ0v) is 10.5. The molecule has 2 rings (SSSR count). The topological polar surface area (TPSA) is 29.5 Å². The summed E-state index contributed by atoms with van der Waals surface area (Å²) in [4.78, 5) is 12.7. The van der Waals surface area contributed by atoms with Crippen LogP contribution in [0.2, 0.25) is 0 Å². The van der Waals surface area contributed by atoms with E-state index in [-0.39, 0.29) is 6.54 Å². The third-order valence-corrected chi connectivity index (χ3v) is 3.12. The molecule has 0 saturated heterocycles. The van der Waals surface area contributed by atoms with E-state index in [0.717, 1.165) is 11.1 Å². The summed E-state index contributed by atoms with van der Waals surface area (Å²) in [5, 5.41) is 0. The molecule has 1 aromatic carbocycles. The fraction of sp³-hybridized carbons (Fsp3) is 0.462. The molecule has 0 amide bonds. The Morgan fingerprint density at radius 1 is 1.37 bits per heavy atom. The average Bonchev–Trinajstić information content (AvgIpc) is 2.35. The number of ether oxygens (including phenoxy) is 1. The predicted octanol–water partition coefficient (Wildman–Crippen LogP) is 2.39. The van der Waals surface area contributed by atoms with Crippen molar-refractivity contribution < 1.29 is 22.7 Å². The van der Waals surface area contributed by atoms with Crippen LogP contribution in [0.4, 0.5) is 13.2 Å². The minimum atomic E-state index is -4.18. The second-order valence-electron chi connectivity index (χ2n) is 4.55. The zero-order valence-electron chi connectivity index (χ0n) is 10.5. The monoisotopic (exact) mass is 273 g/mol. The lowest BCUT2D eigenvalue weighted by Crippen LogP contribution is -2.38. The number of halogens is 3. The summed E-state index contributed by atoms with van der Waals surface area (Å²) >= 11 is 0. The lowest BCUT2D eigenvalue weighted by atomic mass is 9.97. The molecule has 0 saturated carbocycles. The molecule has 0 aromatic heterocycles. The maximum absolute atomic E-state index is 12.3. The van der Waals surface area contributed by atoms with Gasteiger partial charge in [-0.15, -0.1) is 0 Å². The van der Waals surface area contributed by atoms with Crippen molar-refractivity contribution in [3.8, 4) is 0 Å². The number of benzene rings is 1. The molecule has 6 heteroatoms. The molecule has 0 bridgehead atoms. The summed E-state index contributed by atoms with van der Waals surface area (Å²) in [7, 11) is 1.30.